The van der Waals surface area contributed by atoms with Crippen LogP contribution in [0.2, 0.25) is 0 Å². The van der Waals surface area contributed by atoms with Gasteiger partial charge in [0.25, 0.3) is 0 Å². The van der Waals surface area contributed by atoms with Gasteiger partial charge in [0.2, 0.25) is 0 Å². The molecule has 1 atom stereocenters. The Morgan fingerprint density at radius 3 is 3.10 bits per heavy atom. The van der Waals surface area contributed by atoms with Crippen LogP contribution in [0.5, 0.6) is 0 Å². The third-order valence-corrected chi connectivity index (χ3v) is 3.89. The van der Waals surface area contributed by atoms with Crippen LogP contribution >= 0.6 is 0 Å². The highest BCUT2D eigenvalue weighted by Crippen LogP contribution is 2.24. The SMILES string of the molecule is CC(C)c1nc2cc(NCC3CCCNC3)ccc2o1. The van der Waals surface area contributed by atoms with E-state index in [-0.39, 0.29) is 0 Å². The highest BCUT2D eigenvalue weighted by molar-refractivity contribution is 5.77. The number of benzene rings is 1. The zero-order chi connectivity index (χ0) is 13.9. The van der Waals surface area contributed by atoms with E-state index in [2.05, 4.69) is 41.6 Å². The van der Waals surface area contributed by atoms with Gasteiger partial charge in [-0.25, -0.2) is 4.98 Å². The van der Waals surface area contributed by atoms with Crippen LogP contribution in [0.3, 0.4) is 0 Å². The fourth-order valence-corrected chi connectivity index (χ4v) is 2.66. The van der Waals surface area contributed by atoms with Crippen molar-refractivity contribution in [1.82, 2.24) is 10.3 Å². The van der Waals surface area contributed by atoms with Crippen LogP contribution in [-0.4, -0.2) is 24.6 Å². The van der Waals surface area contributed by atoms with E-state index in [4.69, 9.17) is 4.42 Å². The lowest BCUT2D eigenvalue weighted by Crippen LogP contribution is -2.33. The second-order valence-corrected chi connectivity index (χ2v) is 5.98. The number of rotatable bonds is 4. The zero-order valence-corrected chi connectivity index (χ0v) is 12.3. The van der Waals surface area contributed by atoms with Crippen LogP contribution in [0.1, 0.15) is 38.5 Å². The molecule has 2 N–H and O–H groups in total. The van der Waals surface area contributed by atoms with Crippen molar-refractivity contribution in [2.45, 2.75) is 32.6 Å². The minimum absolute atomic E-state index is 0.326. The molecule has 3 rings (SSSR count). The lowest BCUT2D eigenvalue weighted by molar-refractivity contribution is 0.393. The number of fused-ring (bicyclic) bond motifs is 1. The number of oxazole rings is 1. The third kappa shape index (κ3) is 2.96. The monoisotopic (exact) mass is 273 g/mol. The lowest BCUT2D eigenvalue weighted by Gasteiger charge is -2.23. The van der Waals surface area contributed by atoms with E-state index in [1.807, 2.05) is 6.07 Å². The van der Waals surface area contributed by atoms with Gasteiger partial charge in [0, 0.05) is 18.2 Å². The predicted molar refractivity (Wildman–Crippen MR) is 82.2 cm³/mol. The van der Waals surface area contributed by atoms with Gasteiger partial charge in [-0.2, -0.15) is 0 Å². The first-order valence-corrected chi connectivity index (χ1v) is 7.57. The summed E-state index contributed by atoms with van der Waals surface area (Å²) in [5.74, 6) is 1.86. The molecular formula is C16H23N3O. The maximum Gasteiger partial charge on any atom is 0.198 e. The first kappa shape index (κ1) is 13.4. The molecule has 1 unspecified atom stereocenters. The van der Waals surface area contributed by atoms with Gasteiger partial charge in [-0.15, -0.1) is 0 Å². The van der Waals surface area contributed by atoms with Gasteiger partial charge in [-0.1, -0.05) is 13.8 Å². The van der Waals surface area contributed by atoms with Crippen molar-refractivity contribution in [3.05, 3.63) is 24.1 Å². The molecule has 108 valence electrons. The molecule has 1 saturated heterocycles. The molecule has 1 aromatic carbocycles. The first-order chi connectivity index (χ1) is 9.72. The molecule has 1 aliphatic rings. The molecular weight excluding hydrogens is 250 g/mol. The van der Waals surface area contributed by atoms with Crippen LogP contribution in [0.25, 0.3) is 11.1 Å². The summed E-state index contributed by atoms with van der Waals surface area (Å²) in [4.78, 5) is 4.55. The molecule has 1 aliphatic heterocycles. The summed E-state index contributed by atoms with van der Waals surface area (Å²) >= 11 is 0. The predicted octanol–water partition coefficient (Wildman–Crippen LogP) is 3.36. The van der Waals surface area contributed by atoms with Crippen molar-refractivity contribution < 1.29 is 4.42 Å². The summed E-state index contributed by atoms with van der Waals surface area (Å²) in [5.41, 5.74) is 2.95. The van der Waals surface area contributed by atoms with Gasteiger partial charge in [0.05, 0.1) is 0 Å². The van der Waals surface area contributed by atoms with Gasteiger partial charge in [0.15, 0.2) is 11.5 Å². The smallest absolute Gasteiger partial charge is 0.198 e. The summed E-state index contributed by atoms with van der Waals surface area (Å²) in [6.45, 7) is 7.50. The van der Waals surface area contributed by atoms with Crippen LogP contribution in [0, 0.1) is 5.92 Å². The Morgan fingerprint density at radius 1 is 1.45 bits per heavy atom. The van der Waals surface area contributed by atoms with Crippen molar-refractivity contribution in [2.24, 2.45) is 5.92 Å². The number of anilines is 1. The van der Waals surface area contributed by atoms with Crippen molar-refractivity contribution in [3.8, 4) is 0 Å². The Hall–Kier alpha value is -1.55. The number of hydrogen-bond donors (Lipinski definition) is 2. The van der Waals surface area contributed by atoms with Crippen molar-refractivity contribution in [3.63, 3.8) is 0 Å². The van der Waals surface area contributed by atoms with E-state index in [9.17, 15) is 0 Å². The maximum atomic E-state index is 5.73. The van der Waals surface area contributed by atoms with Gasteiger partial charge in [0.1, 0.15) is 5.52 Å². The Labute approximate surface area is 120 Å². The molecule has 20 heavy (non-hydrogen) atoms. The number of nitrogens with zero attached hydrogens (tertiary/aromatic N) is 1. The van der Waals surface area contributed by atoms with Crippen molar-refractivity contribution in [1.29, 1.82) is 0 Å². The zero-order valence-electron chi connectivity index (χ0n) is 12.3. The molecule has 2 heterocycles. The molecule has 1 fully saturated rings. The Balaban J connectivity index is 1.68. The Morgan fingerprint density at radius 2 is 2.35 bits per heavy atom. The largest absolute Gasteiger partial charge is 0.440 e. The highest BCUT2D eigenvalue weighted by atomic mass is 16.3. The number of piperidine rings is 1. The fourth-order valence-electron chi connectivity index (χ4n) is 2.66. The summed E-state index contributed by atoms with van der Waals surface area (Å²) in [5, 5.41) is 6.97. The minimum atomic E-state index is 0.326. The molecule has 0 radical (unpaired) electrons. The molecule has 0 spiro atoms. The second-order valence-electron chi connectivity index (χ2n) is 5.98. The number of hydrogen-bond acceptors (Lipinski definition) is 4. The second kappa shape index (κ2) is 5.83. The normalized spacial score (nSPS) is 19.6. The molecule has 0 aliphatic carbocycles. The third-order valence-electron chi connectivity index (χ3n) is 3.89. The Bertz CT molecular complexity index is 570. The summed E-state index contributed by atoms with van der Waals surface area (Å²) in [6, 6.07) is 6.17. The van der Waals surface area contributed by atoms with Crippen LogP contribution in [0.4, 0.5) is 5.69 Å². The van der Waals surface area contributed by atoms with E-state index in [0.717, 1.165) is 41.7 Å². The van der Waals surface area contributed by atoms with E-state index >= 15 is 0 Å². The Kier molecular flexibility index (Phi) is 3.92. The van der Waals surface area contributed by atoms with Crippen LogP contribution in [0.15, 0.2) is 22.6 Å². The van der Waals surface area contributed by atoms with E-state index in [0.29, 0.717) is 5.92 Å². The maximum absolute atomic E-state index is 5.73. The van der Waals surface area contributed by atoms with Gasteiger partial charge >= 0.3 is 0 Å². The van der Waals surface area contributed by atoms with E-state index in [1.165, 1.54) is 19.4 Å². The van der Waals surface area contributed by atoms with E-state index < -0.39 is 0 Å². The van der Waals surface area contributed by atoms with Gasteiger partial charge in [-0.3, -0.25) is 0 Å². The van der Waals surface area contributed by atoms with Crippen molar-refractivity contribution >= 4 is 16.8 Å². The standard InChI is InChI=1S/C16H23N3O/c1-11(2)16-19-14-8-13(5-6-15(14)20-16)18-10-12-4-3-7-17-9-12/h5-6,8,11-12,17-18H,3-4,7,9-10H2,1-2H3. The first-order valence-electron chi connectivity index (χ1n) is 7.57. The highest BCUT2D eigenvalue weighted by Gasteiger charge is 2.13. The average molecular weight is 273 g/mol. The summed E-state index contributed by atoms with van der Waals surface area (Å²) < 4.78 is 5.73. The lowest BCUT2D eigenvalue weighted by atomic mass is 10.00. The summed E-state index contributed by atoms with van der Waals surface area (Å²) in [6.07, 6.45) is 2.59. The minimum Gasteiger partial charge on any atom is -0.440 e. The van der Waals surface area contributed by atoms with Crippen LogP contribution < -0.4 is 10.6 Å². The average Bonchev–Trinajstić information content (AvgIpc) is 2.89. The van der Waals surface area contributed by atoms with Crippen LogP contribution in [-0.2, 0) is 0 Å². The summed E-state index contributed by atoms with van der Waals surface area (Å²) in [7, 11) is 0. The van der Waals surface area contributed by atoms with Gasteiger partial charge < -0.3 is 15.1 Å². The molecule has 0 saturated carbocycles. The fraction of sp³-hybridized carbons (Fsp3) is 0.562. The van der Waals surface area contributed by atoms with E-state index in [1.54, 1.807) is 0 Å². The molecule has 0 amide bonds. The topological polar surface area (TPSA) is 50.1 Å². The molecule has 2 aromatic rings. The number of nitrogens with one attached hydrogen (secondary N) is 2. The molecule has 4 nitrogen and oxygen atoms in total. The van der Waals surface area contributed by atoms with Gasteiger partial charge in [-0.05, 0) is 50.0 Å². The molecule has 4 heteroatoms. The number of aromatic nitrogens is 1. The molecule has 1 aromatic heterocycles. The quantitative estimate of drug-likeness (QED) is 0.897. The van der Waals surface area contributed by atoms with Crippen molar-refractivity contribution in [2.75, 3.05) is 25.0 Å². The molecule has 0 bridgehead atoms.